The van der Waals surface area contributed by atoms with Gasteiger partial charge in [-0.05, 0) is 18.8 Å². The number of methoxy groups -OCH3 is 1. The lowest BCUT2D eigenvalue weighted by molar-refractivity contribution is 0.0804. The summed E-state index contributed by atoms with van der Waals surface area (Å²) in [5, 5.41) is 3.44. The Morgan fingerprint density at radius 2 is 2.25 bits per heavy atom. The molecule has 0 bridgehead atoms. The van der Waals surface area contributed by atoms with Crippen LogP contribution in [0.1, 0.15) is 39.0 Å². The summed E-state index contributed by atoms with van der Waals surface area (Å²) < 4.78 is 10.8. The van der Waals surface area contributed by atoms with Crippen LogP contribution in [-0.4, -0.2) is 39.5 Å². The third-order valence-electron chi connectivity index (χ3n) is 3.33. The predicted octanol–water partition coefficient (Wildman–Crippen LogP) is 2.21. The third kappa shape index (κ3) is 5.28. The van der Waals surface area contributed by atoms with E-state index in [1.165, 1.54) is 32.1 Å². The largest absolute Gasteiger partial charge is 0.383 e. The topological polar surface area (TPSA) is 30.5 Å². The lowest BCUT2D eigenvalue weighted by Gasteiger charge is -2.18. The maximum absolute atomic E-state index is 5.80. The molecule has 0 aromatic rings. The van der Waals surface area contributed by atoms with Crippen LogP contribution in [0.15, 0.2) is 0 Å². The van der Waals surface area contributed by atoms with Crippen molar-refractivity contribution in [2.45, 2.75) is 45.1 Å². The molecule has 0 radical (unpaired) electrons. The summed E-state index contributed by atoms with van der Waals surface area (Å²) in [6.07, 6.45) is 6.91. The number of unbranched alkanes of at least 4 members (excludes halogenated alkanes) is 2. The van der Waals surface area contributed by atoms with E-state index in [-0.39, 0.29) is 0 Å². The zero-order chi connectivity index (χ0) is 11.6. The van der Waals surface area contributed by atoms with E-state index < -0.39 is 0 Å². The fourth-order valence-corrected chi connectivity index (χ4v) is 2.30. The van der Waals surface area contributed by atoms with E-state index in [4.69, 9.17) is 9.47 Å². The average molecular weight is 229 g/mol. The van der Waals surface area contributed by atoms with Crippen molar-refractivity contribution in [3.63, 3.8) is 0 Å². The van der Waals surface area contributed by atoms with Crippen LogP contribution >= 0.6 is 0 Å². The molecule has 1 N–H and O–H groups in total. The van der Waals surface area contributed by atoms with Crippen molar-refractivity contribution in [3.05, 3.63) is 0 Å². The Morgan fingerprint density at radius 3 is 3.00 bits per heavy atom. The van der Waals surface area contributed by atoms with Gasteiger partial charge in [-0.25, -0.2) is 0 Å². The number of hydrogen-bond acceptors (Lipinski definition) is 3. The average Bonchev–Trinajstić information content (AvgIpc) is 2.73. The van der Waals surface area contributed by atoms with Gasteiger partial charge in [0.05, 0.1) is 12.7 Å². The van der Waals surface area contributed by atoms with Gasteiger partial charge in [-0.15, -0.1) is 0 Å². The lowest BCUT2D eigenvalue weighted by atomic mass is 9.97. The number of ether oxygens (including phenoxy) is 2. The molecule has 0 aromatic carbocycles. The second-order valence-electron chi connectivity index (χ2n) is 4.65. The van der Waals surface area contributed by atoms with Crippen molar-refractivity contribution in [2.75, 3.05) is 33.4 Å². The van der Waals surface area contributed by atoms with Crippen molar-refractivity contribution in [1.29, 1.82) is 0 Å². The minimum absolute atomic E-state index is 0.501. The van der Waals surface area contributed by atoms with Crippen molar-refractivity contribution >= 4 is 0 Å². The molecule has 16 heavy (non-hydrogen) atoms. The zero-order valence-corrected chi connectivity index (χ0v) is 10.8. The molecule has 0 saturated carbocycles. The summed E-state index contributed by atoms with van der Waals surface area (Å²) in [6.45, 7) is 6.04. The van der Waals surface area contributed by atoms with Gasteiger partial charge in [0.1, 0.15) is 0 Å². The summed E-state index contributed by atoms with van der Waals surface area (Å²) in [6, 6.07) is 0. The molecule has 2 atom stereocenters. The summed E-state index contributed by atoms with van der Waals surface area (Å²) in [7, 11) is 1.74. The van der Waals surface area contributed by atoms with Gasteiger partial charge in [0.2, 0.25) is 0 Å². The Balaban J connectivity index is 2.08. The van der Waals surface area contributed by atoms with Crippen LogP contribution in [-0.2, 0) is 9.47 Å². The second-order valence-corrected chi connectivity index (χ2v) is 4.65. The molecule has 3 nitrogen and oxygen atoms in total. The van der Waals surface area contributed by atoms with Gasteiger partial charge in [0, 0.05) is 26.8 Å². The molecule has 1 aliphatic heterocycles. The number of rotatable bonds is 9. The molecule has 0 amide bonds. The lowest BCUT2D eigenvalue weighted by Crippen LogP contribution is -2.30. The van der Waals surface area contributed by atoms with Gasteiger partial charge < -0.3 is 14.8 Å². The van der Waals surface area contributed by atoms with Crippen LogP contribution in [0, 0.1) is 5.92 Å². The Kier molecular flexibility index (Phi) is 7.81. The Bertz CT molecular complexity index is 164. The maximum atomic E-state index is 5.80. The molecule has 0 spiro atoms. The highest BCUT2D eigenvalue weighted by molar-refractivity contribution is 4.78. The van der Waals surface area contributed by atoms with Gasteiger partial charge in [0.15, 0.2) is 0 Å². The van der Waals surface area contributed by atoms with E-state index in [2.05, 4.69) is 12.2 Å². The molecule has 1 heterocycles. The van der Waals surface area contributed by atoms with Gasteiger partial charge in [-0.2, -0.15) is 0 Å². The second kappa shape index (κ2) is 8.97. The molecule has 3 heteroatoms. The zero-order valence-electron chi connectivity index (χ0n) is 10.8. The van der Waals surface area contributed by atoms with E-state index in [0.29, 0.717) is 12.0 Å². The van der Waals surface area contributed by atoms with E-state index in [1.807, 2.05) is 0 Å². The summed E-state index contributed by atoms with van der Waals surface area (Å²) in [4.78, 5) is 0. The highest BCUT2D eigenvalue weighted by Crippen LogP contribution is 2.24. The van der Waals surface area contributed by atoms with Gasteiger partial charge in [0.25, 0.3) is 0 Å². The summed E-state index contributed by atoms with van der Waals surface area (Å²) >= 11 is 0. The van der Waals surface area contributed by atoms with Crippen molar-refractivity contribution in [1.82, 2.24) is 5.32 Å². The maximum Gasteiger partial charge on any atom is 0.0616 e. The first-order valence-electron chi connectivity index (χ1n) is 6.69. The first kappa shape index (κ1) is 13.9. The van der Waals surface area contributed by atoms with E-state index >= 15 is 0 Å². The molecule has 0 aromatic heterocycles. The Labute approximate surface area is 99.9 Å². The van der Waals surface area contributed by atoms with Crippen LogP contribution in [0.3, 0.4) is 0 Å². The van der Waals surface area contributed by atoms with E-state index in [0.717, 1.165) is 26.3 Å². The fraction of sp³-hybridized carbons (Fsp3) is 1.00. The Morgan fingerprint density at radius 1 is 1.38 bits per heavy atom. The van der Waals surface area contributed by atoms with Crippen LogP contribution < -0.4 is 5.32 Å². The third-order valence-corrected chi connectivity index (χ3v) is 3.33. The highest BCUT2D eigenvalue weighted by atomic mass is 16.5. The standard InChI is InChI=1S/C13H27NO2/c1-3-4-5-6-13-12(7-9-16-13)11-14-8-10-15-2/h12-14H,3-11H2,1-2H3. The fourth-order valence-electron chi connectivity index (χ4n) is 2.30. The molecule has 1 aliphatic rings. The number of nitrogens with one attached hydrogen (secondary N) is 1. The van der Waals surface area contributed by atoms with Crippen molar-refractivity contribution < 1.29 is 9.47 Å². The SMILES string of the molecule is CCCCCC1OCCC1CNCCOC. The van der Waals surface area contributed by atoms with Crippen LogP contribution in [0.4, 0.5) is 0 Å². The highest BCUT2D eigenvalue weighted by Gasteiger charge is 2.26. The molecular weight excluding hydrogens is 202 g/mol. The van der Waals surface area contributed by atoms with Crippen LogP contribution in [0.25, 0.3) is 0 Å². The van der Waals surface area contributed by atoms with Crippen LogP contribution in [0.5, 0.6) is 0 Å². The molecular formula is C13H27NO2. The summed E-state index contributed by atoms with van der Waals surface area (Å²) in [5.74, 6) is 0.716. The Hall–Kier alpha value is -0.120. The van der Waals surface area contributed by atoms with Gasteiger partial charge in [-0.1, -0.05) is 26.2 Å². The molecule has 96 valence electrons. The molecule has 1 rings (SSSR count). The van der Waals surface area contributed by atoms with Crippen molar-refractivity contribution in [3.8, 4) is 0 Å². The quantitative estimate of drug-likeness (QED) is 0.615. The minimum atomic E-state index is 0.501. The molecule has 0 aliphatic carbocycles. The monoisotopic (exact) mass is 229 g/mol. The van der Waals surface area contributed by atoms with E-state index in [1.54, 1.807) is 7.11 Å². The number of hydrogen-bond donors (Lipinski definition) is 1. The predicted molar refractivity (Wildman–Crippen MR) is 66.7 cm³/mol. The molecule has 2 unspecified atom stereocenters. The van der Waals surface area contributed by atoms with Crippen LogP contribution in [0.2, 0.25) is 0 Å². The van der Waals surface area contributed by atoms with Gasteiger partial charge in [-0.3, -0.25) is 0 Å². The minimum Gasteiger partial charge on any atom is -0.383 e. The smallest absolute Gasteiger partial charge is 0.0616 e. The molecule has 1 saturated heterocycles. The molecule has 1 fully saturated rings. The first-order valence-corrected chi connectivity index (χ1v) is 6.69. The van der Waals surface area contributed by atoms with E-state index in [9.17, 15) is 0 Å². The van der Waals surface area contributed by atoms with Crippen molar-refractivity contribution in [2.24, 2.45) is 5.92 Å². The first-order chi connectivity index (χ1) is 7.88. The van der Waals surface area contributed by atoms with Gasteiger partial charge >= 0.3 is 0 Å². The summed E-state index contributed by atoms with van der Waals surface area (Å²) in [5.41, 5.74) is 0. The normalized spacial score (nSPS) is 25.1.